The van der Waals surface area contributed by atoms with Gasteiger partial charge >= 0.3 is 0 Å². The monoisotopic (exact) mass is 916 g/mol. The third-order valence-corrected chi connectivity index (χ3v) is 15.7. The molecule has 0 amide bonds. The van der Waals surface area contributed by atoms with Crippen LogP contribution >= 0.6 is 0 Å². The average Bonchev–Trinajstić information content (AvgIpc) is 3.37. The van der Waals surface area contributed by atoms with Crippen molar-refractivity contribution in [3.63, 3.8) is 0 Å². The largest absolute Gasteiger partial charge is 0.459 e. The van der Waals surface area contributed by atoms with Crippen LogP contribution in [-0.4, -0.2) is 20.1 Å². The van der Waals surface area contributed by atoms with Crippen molar-refractivity contribution in [2.75, 3.05) is 9.80 Å². The van der Waals surface area contributed by atoms with Crippen LogP contribution in [0.25, 0.3) is 0 Å². The highest BCUT2D eigenvalue weighted by Gasteiger charge is 2.53. The molecule has 0 unspecified atom stereocenters. The minimum atomic E-state index is -0.346. The predicted molar refractivity (Wildman–Crippen MR) is 293 cm³/mol. The second-order valence-electron chi connectivity index (χ2n) is 20.5. The Bertz CT molecular complexity index is 3530. The van der Waals surface area contributed by atoms with Crippen molar-refractivity contribution in [2.45, 2.75) is 53.9 Å². The molecular weight excluding hydrogens is 869 g/mol. The van der Waals surface area contributed by atoms with Gasteiger partial charge in [0.2, 0.25) is 0 Å². The van der Waals surface area contributed by atoms with Gasteiger partial charge in [-0.05, 0) is 167 Å². The molecule has 6 aliphatic rings. The molecule has 9 aromatic carbocycles. The van der Waals surface area contributed by atoms with E-state index < -0.39 is 0 Å². The molecule has 0 N–H and O–H groups in total. The summed E-state index contributed by atoms with van der Waals surface area (Å²) < 4.78 is 29.4. The van der Waals surface area contributed by atoms with Crippen LogP contribution in [0.4, 0.5) is 34.1 Å². The number of unbranched alkanes of at least 4 members (excludes halogenated alkanes) is 1. The number of nitrogens with zero attached hydrogens (tertiary/aromatic N) is 2. The van der Waals surface area contributed by atoms with Crippen molar-refractivity contribution in [2.24, 2.45) is 0 Å². The van der Waals surface area contributed by atoms with Gasteiger partial charge in [0.05, 0.1) is 0 Å². The van der Waals surface area contributed by atoms with E-state index in [2.05, 4.69) is 202 Å². The van der Waals surface area contributed by atoms with Gasteiger partial charge in [0.1, 0.15) is 46.0 Å². The summed E-state index contributed by atoms with van der Waals surface area (Å²) in [7, 11) is 0. The molecule has 0 saturated heterocycles. The molecule has 6 nitrogen and oxygen atoms in total. The molecular formula is C62H47B3N2O4. The molecule has 0 fully saturated rings. The molecule has 338 valence electrons. The van der Waals surface area contributed by atoms with Gasteiger partial charge < -0.3 is 28.7 Å². The molecule has 0 aromatic heterocycles. The number of aryl methyl sites for hydroxylation is 5. The standard InChI is InChI=1S/C62H47B3N2O4/c1-6-7-16-39-31-46-56-47(32-39)67(41-29-37(4)26-38(5)30-41)49-34-55-60-62(71-53-24-15-11-20-45(53)64(60)43-18-9-13-22-51(43)69-55)58(49)65(56)57-48(66(46)40-27-35(2)25-36(3)28-40)33-54-59-61(57)70-52-23-14-10-19-44(52)63(59)42-17-8-12-21-50(42)68-54/h8-15,17-34H,6-7,16H2,1-5H3. The van der Waals surface area contributed by atoms with E-state index in [0.29, 0.717) is 0 Å². The van der Waals surface area contributed by atoms with Crippen molar-refractivity contribution in [3.05, 3.63) is 186 Å². The SMILES string of the molecule is CCCCc1cc2c3c(c1)N(c1cc(C)cc(C)c1)c1cc4c5c(c1B3c1c(cc3c6c1Oc1ccccc1B6c1ccccc1O3)N2c1cc(C)cc(C)c1)Oc1ccccc1B5c1ccccc1O4. The number of ether oxygens (including phenoxy) is 4. The fourth-order valence-corrected chi connectivity index (χ4v) is 13.1. The Labute approximate surface area is 415 Å². The number of para-hydroxylation sites is 4. The molecule has 0 bridgehead atoms. The molecule has 9 aromatic rings. The topological polar surface area (TPSA) is 43.4 Å². The highest BCUT2D eigenvalue weighted by Crippen LogP contribution is 2.51. The van der Waals surface area contributed by atoms with Crippen LogP contribution in [0.15, 0.2) is 158 Å². The quantitative estimate of drug-likeness (QED) is 0.160. The molecule has 0 saturated carbocycles. The first-order chi connectivity index (χ1) is 34.8. The lowest BCUT2D eigenvalue weighted by Crippen LogP contribution is -2.66. The van der Waals surface area contributed by atoms with Crippen LogP contribution in [0, 0.1) is 27.7 Å². The number of hydrogen-bond acceptors (Lipinski definition) is 6. The Morgan fingerprint density at radius 3 is 1.13 bits per heavy atom. The predicted octanol–water partition coefficient (Wildman–Crippen LogP) is 9.80. The number of hydrogen-bond donors (Lipinski definition) is 0. The Kier molecular flexibility index (Phi) is 8.62. The minimum Gasteiger partial charge on any atom is -0.459 e. The van der Waals surface area contributed by atoms with Gasteiger partial charge in [-0.3, -0.25) is 0 Å². The Morgan fingerprint density at radius 1 is 0.366 bits per heavy atom. The molecule has 0 spiro atoms. The van der Waals surface area contributed by atoms with Crippen molar-refractivity contribution < 1.29 is 18.9 Å². The van der Waals surface area contributed by atoms with E-state index in [1.165, 1.54) is 33.3 Å². The normalized spacial score (nSPS) is 14.2. The Hall–Kier alpha value is -8.03. The number of benzene rings is 9. The lowest BCUT2D eigenvalue weighted by Gasteiger charge is -2.47. The fraction of sp³-hybridized carbons (Fsp3) is 0.129. The third-order valence-electron chi connectivity index (χ3n) is 15.7. The molecule has 6 heterocycles. The minimum absolute atomic E-state index is 0.110. The van der Waals surface area contributed by atoms with Crippen LogP contribution in [0.1, 0.15) is 47.6 Å². The maximum Gasteiger partial charge on any atom is 0.261 e. The molecule has 0 aliphatic carbocycles. The lowest BCUT2D eigenvalue weighted by molar-refractivity contribution is 0.466. The van der Waals surface area contributed by atoms with Gasteiger partial charge in [0.25, 0.3) is 20.1 Å². The zero-order valence-corrected chi connectivity index (χ0v) is 40.4. The van der Waals surface area contributed by atoms with E-state index in [4.69, 9.17) is 18.9 Å². The summed E-state index contributed by atoms with van der Waals surface area (Å²) in [5.74, 6) is 6.75. The number of fused-ring (bicyclic) bond motifs is 14. The third kappa shape index (κ3) is 5.80. The Balaban J connectivity index is 1.12. The van der Waals surface area contributed by atoms with Gasteiger partial charge in [-0.1, -0.05) is 98.3 Å². The van der Waals surface area contributed by atoms with E-state index in [0.717, 1.165) is 143 Å². The second kappa shape index (κ2) is 15.0. The Morgan fingerprint density at radius 2 is 0.732 bits per heavy atom. The zero-order chi connectivity index (χ0) is 47.4. The summed E-state index contributed by atoms with van der Waals surface area (Å²) in [4.78, 5) is 5.04. The highest BCUT2D eigenvalue weighted by molar-refractivity contribution is 7.05. The molecule has 15 rings (SSSR count). The highest BCUT2D eigenvalue weighted by atomic mass is 16.5. The van der Waals surface area contributed by atoms with E-state index >= 15 is 0 Å². The molecule has 6 aliphatic heterocycles. The first-order valence-corrected chi connectivity index (χ1v) is 25.2. The van der Waals surface area contributed by atoms with Crippen LogP contribution in [0.5, 0.6) is 46.0 Å². The van der Waals surface area contributed by atoms with E-state index in [1.807, 2.05) is 0 Å². The maximum absolute atomic E-state index is 7.55. The van der Waals surface area contributed by atoms with Crippen LogP contribution < -0.4 is 77.9 Å². The van der Waals surface area contributed by atoms with E-state index in [9.17, 15) is 0 Å². The summed E-state index contributed by atoms with van der Waals surface area (Å²) in [5.41, 5.74) is 22.7. The molecule has 71 heavy (non-hydrogen) atoms. The number of anilines is 6. The molecule has 9 heteroatoms. The summed E-state index contributed by atoms with van der Waals surface area (Å²) in [6.07, 6.45) is 3.10. The van der Waals surface area contributed by atoms with Gasteiger partial charge in [-0.15, -0.1) is 0 Å². The van der Waals surface area contributed by atoms with Crippen LogP contribution in [0.3, 0.4) is 0 Å². The summed E-state index contributed by atoms with van der Waals surface area (Å²) in [6, 6.07) is 57.7. The van der Waals surface area contributed by atoms with Gasteiger partial charge in [-0.25, -0.2) is 0 Å². The van der Waals surface area contributed by atoms with Gasteiger partial charge in [0.15, 0.2) is 0 Å². The summed E-state index contributed by atoms with van der Waals surface area (Å²) >= 11 is 0. The first-order valence-electron chi connectivity index (χ1n) is 25.2. The maximum atomic E-state index is 7.55. The van der Waals surface area contributed by atoms with Crippen molar-refractivity contribution >= 4 is 103 Å². The summed E-state index contributed by atoms with van der Waals surface area (Å²) in [5, 5.41) is 0. The zero-order valence-electron chi connectivity index (χ0n) is 40.4. The van der Waals surface area contributed by atoms with Crippen LogP contribution in [0.2, 0.25) is 0 Å². The van der Waals surface area contributed by atoms with Crippen molar-refractivity contribution in [1.29, 1.82) is 0 Å². The lowest BCUT2D eigenvalue weighted by atomic mass is 9.28. The van der Waals surface area contributed by atoms with Crippen molar-refractivity contribution in [1.82, 2.24) is 0 Å². The smallest absolute Gasteiger partial charge is 0.261 e. The van der Waals surface area contributed by atoms with Crippen molar-refractivity contribution in [3.8, 4) is 46.0 Å². The summed E-state index contributed by atoms with van der Waals surface area (Å²) in [6.45, 7) is 10.5. The van der Waals surface area contributed by atoms with E-state index in [-0.39, 0.29) is 20.1 Å². The average molecular weight is 917 g/mol. The molecule has 0 radical (unpaired) electrons. The first kappa shape index (κ1) is 40.8. The van der Waals surface area contributed by atoms with E-state index in [1.54, 1.807) is 0 Å². The van der Waals surface area contributed by atoms with Gasteiger partial charge in [0, 0.05) is 57.2 Å². The number of rotatable bonds is 5. The van der Waals surface area contributed by atoms with Gasteiger partial charge in [-0.2, -0.15) is 0 Å². The fourth-order valence-electron chi connectivity index (χ4n) is 13.1. The second-order valence-corrected chi connectivity index (χ2v) is 20.5. The van der Waals surface area contributed by atoms with Crippen LogP contribution in [-0.2, 0) is 6.42 Å². The molecule has 0 atom stereocenters.